The minimum atomic E-state index is -1.54. The van der Waals surface area contributed by atoms with E-state index in [0.717, 1.165) is 24.3 Å². The van der Waals surface area contributed by atoms with E-state index in [1.807, 2.05) is 0 Å². The molecule has 0 radical (unpaired) electrons. The zero-order chi connectivity index (χ0) is 18.0. The number of carboxylic acids is 2. The van der Waals surface area contributed by atoms with Crippen LogP contribution in [0.25, 0.3) is 11.6 Å². The number of hydrogen-bond acceptors (Lipinski definition) is 6. The van der Waals surface area contributed by atoms with Crippen molar-refractivity contribution in [2.45, 2.75) is 0 Å². The van der Waals surface area contributed by atoms with Crippen molar-refractivity contribution in [3.63, 3.8) is 0 Å². The first-order valence-electron chi connectivity index (χ1n) is 6.47. The summed E-state index contributed by atoms with van der Waals surface area (Å²) in [6.07, 6.45) is 0.940. The largest absolute Gasteiger partial charge is 0.508 e. The Kier molecular flexibility index (Phi) is 4.32. The second-order valence-corrected chi connectivity index (χ2v) is 4.80. The molecule has 8 heteroatoms. The molecule has 0 heterocycles. The third-order valence-corrected chi connectivity index (χ3v) is 3.18. The Morgan fingerprint density at radius 3 is 1.92 bits per heavy atom. The van der Waals surface area contributed by atoms with Crippen molar-refractivity contribution in [2.75, 3.05) is 0 Å². The Labute approximate surface area is 134 Å². The van der Waals surface area contributed by atoms with Crippen molar-refractivity contribution in [3.8, 4) is 23.0 Å². The van der Waals surface area contributed by atoms with Gasteiger partial charge in [-0.2, -0.15) is 0 Å². The first-order valence-corrected chi connectivity index (χ1v) is 6.47. The van der Waals surface area contributed by atoms with Gasteiger partial charge in [0, 0.05) is 11.1 Å². The molecule has 0 spiro atoms. The van der Waals surface area contributed by atoms with Crippen LogP contribution in [0.1, 0.15) is 21.5 Å². The molecule has 0 aromatic heterocycles. The maximum atomic E-state index is 11.5. The van der Waals surface area contributed by atoms with Gasteiger partial charge in [0.15, 0.2) is 11.5 Å². The van der Waals surface area contributed by atoms with Crippen molar-refractivity contribution < 1.29 is 40.2 Å². The highest BCUT2D eigenvalue weighted by molar-refractivity contribution is 6.23. The van der Waals surface area contributed by atoms with Gasteiger partial charge < -0.3 is 30.6 Å². The lowest BCUT2D eigenvalue weighted by atomic mass is 9.96. The summed E-state index contributed by atoms with van der Waals surface area (Å²) in [7, 11) is 0. The summed E-state index contributed by atoms with van der Waals surface area (Å²) in [6.45, 7) is 0. The molecule has 6 N–H and O–H groups in total. The van der Waals surface area contributed by atoms with Crippen LogP contribution in [0.5, 0.6) is 23.0 Å². The molecule has 8 nitrogen and oxygen atoms in total. The normalized spacial score (nSPS) is 11.2. The first-order chi connectivity index (χ1) is 11.2. The maximum absolute atomic E-state index is 11.5. The zero-order valence-electron chi connectivity index (χ0n) is 12.0. The lowest BCUT2D eigenvalue weighted by molar-refractivity contribution is -0.130. The quantitative estimate of drug-likeness (QED) is 0.214. The summed E-state index contributed by atoms with van der Waals surface area (Å²) in [6, 6.07) is 4.90. The average Bonchev–Trinajstić information content (AvgIpc) is 2.50. The van der Waals surface area contributed by atoms with Crippen LogP contribution in [0.3, 0.4) is 0 Å². The Hall–Kier alpha value is -3.68. The van der Waals surface area contributed by atoms with Crippen LogP contribution in [0.2, 0.25) is 0 Å². The fourth-order valence-corrected chi connectivity index (χ4v) is 2.04. The molecular weight excluding hydrogens is 320 g/mol. The van der Waals surface area contributed by atoms with Crippen LogP contribution >= 0.6 is 0 Å². The van der Waals surface area contributed by atoms with Gasteiger partial charge in [0.05, 0.1) is 11.1 Å². The van der Waals surface area contributed by atoms with Crippen LogP contribution in [0, 0.1) is 0 Å². The van der Waals surface area contributed by atoms with Gasteiger partial charge in [-0.15, -0.1) is 0 Å². The summed E-state index contributed by atoms with van der Waals surface area (Å²) >= 11 is 0. The molecule has 0 aliphatic heterocycles. The summed E-state index contributed by atoms with van der Waals surface area (Å²) in [5.41, 5.74) is -1.58. The van der Waals surface area contributed by atoms with Gasteiger partial charge in [0.25, 0.3) is 0 Å². The monoisotopic (exact) mass is 332 g/mol. The van der Waals surface area contributed by atoms with E-state index < -0.39 is 34.6 Å². The molecule has 0 amide bonds. The van der Waals surface area contributed by atoms with Crippen LogP contribution in [-0.4, -0.2) is 42.6 Å². The van der Waals surface area contributed by atoms with Gasteiger partial charge >= 0.3 is 11.9 Å². The third kappa shape index (κ3) is 3.22. The van der Waals surface area contributed by atoms with E-state index in [1.165, 1.54) is 6.07 Å². The number of carbonyl (C=O) groups is 2. The van der Waals surface area contributed by atoms with E-state index in [9.17, 15) is 40.2 Å². The predicted octanol–water partition coefficient (Wildman–Crippen LogP) is 1.83. The molecule has 124 valence electrons. The SMILES string of the molecule is O=C(O)/C(=C/c1cc(O)ccc1O)c1cc(O)c(O)cc1C(=O)O. The predicted molar refractivity (Wildman–Crippen MR) is 82.0 cm³/mol. The minimum absolute atomic E-state index is 0.0729. The highest BCUT2D eigenvalue weighted by Gasteiger charge is 2.22. The Balaban J connectivity index is 2.75. The summed E-state index contributed by atoms with van der Waals surface area (Å²) in [4.78, 5) is 22.8. The molecule has 0 saturated heterocycles. The molecule has 0 atom stereocenters. The number of carboxylic acid groups (broad SMARTS) is 2. The highest BCUT2D eigenvalue weighted by atomic mass is 16.4. The molecule has 24 heavy (non-hydrogen) atoms. The van der Waals surface area contributed by atoms with Crippen molar-refractivity contribution in [1.82, 2.24) is 0 Å². The number of aromatic carboxylic acids is 1. The van der Waals surface area contributed by atoms with E-state index in [4.69, 9.17) is 0 Å². The summed E-state index contributed by atoms with van der Waals surface area (Å²) in [5, 5.41) is 56.7. The number of phenolic OH excluding ortho intramolecular Hbond substituents is 4. The van der Waals surface area contributed by atoms with Crippen molar-refractivity contribution in [3.05, 3.63) is 47.0 Å². The minimum Gasteiger partial charge on any atom is -0.508 e. The van der Waals surface area contributed by atoms with Crippen molar-refractivity contribution in [2.24, 2.45) is 0 Å². The average molecular weight is 332 g/mol. The molecule has 0 fully saturated rings. The van der Waals surface area contributed by atoms with E-state index in [-0.39, 0.29) is 22.6 Å². The molecular formula is C16H12O8. The van der Waals surface area contributed by atoms with E-state index in [0.29, 0.717) is 6.07 Å². The van der Waals surface area contributed by atoms with E-state index in [2.05, 4.69) is 0 Å². The van der Waals surface area contributed by atoms with E-state index in [1.54, 1.807) is 0 Å². The van der Waals surface area contributed by atoms with Gasteiger partial charge in [-0.05, 0) is 36.4 Å². The number of benzene rings is 2. The number of aromatic hydroxyl groups is 4. The number of hydrogen-bond donors (Lipinski definition) is 6. The third-order valence-electron chi connectivity index (χ3n) is 3.18. The molecule has 2 rings (SSSR count). The second-order valence-electron chi connectivity index (χ2n) is 4.80. The van der Waals surface area contributed by atoms with Gasteiger partial charge in [0.2, 0.25) is 0 Å². The molecule has 0 saturated carbocycles. The Morgan fingerprint density at radius 2 is 1.38 bits per heavy atom. The smallest absolute Gasteiger partial charge is 0.336 e. The van der Waals surface area contributed by atoms with Crippen LogP contribution in [0.4, 0.5) is 0 Å². The van der Waals surface area contributed by atoms with E-state index >= 15 is 0 Å². The summed E-state index contributed by atoms with van der Waals surface area (Å²) in [5.74, 6) is -5.07. The van der Waals surface area contributed by atoms with Crippen molar-refractivity contribution in [1.29, 1.82) is 0 Å². The number of aliphatic carboxylic acids is 1. The van der Waals surface area contributed by atoms with Crippen LogP contribution < -0.4 is 0 Å². The van der Waals surface area contributed by atoms with Crippen LogP contribution in [0.15, 0.2) is 30.3 Å². The highest BCUT2D eigenvalue weighted by Crippen LogP contribution is 2.34. The lowest BCUT2D eigenvalue weighted by Gasteiger charge is -2.10. The molecule has 0 bridgehead atoms. The van der Waals surface area contributed by atoms with Gasteiger partial charge in [-0.1, -0.05) is 0 Å². The van der Waals surface area contributed by atoms with Crippen LogP contribution in [-0.2, 0) is 4.79 Å². The molecule has 0 aliphatic carbocycles. The fourth-order valence-electron chi connectivity index (χ4n) is 2.04. The number of phenols is 4. The lowest BCUT2D eigenvalue weighted by Crippen LogP contribution is -2.07. The zero-order valence-corrected chi connectivity index (χ0v) is 12.0. The standard InChI is InChI=1S/C16H12O8/c17-8-1-2-12(18)7(3-8)4-10(15(21)22)9-5-13(19)14(20)6-11(9)16(23)24/h1-6,17-20H,(H,21,22)(H,23,24)/b10-4+. The Bertz CT molecular complexity index is 867. The molecule has 0 aliphatic rings. The second kappa shape index (κ2) is 6.21. The Morgan fingerprint density at radius 1 is 0.792 bits per heavy atom. The van der Waals surface area contributed by atoms with Crippen molar-refractivity contribution >= 4 is 23.6 Å². The number of rotatable bonds is 4. The fraction of sp³-hybridized carbons (Fsp3) is 0. The first kappa shape index (κ1) is 16.7. The molecule has 0 unspecified atom stereocenters. The molecule has 2 aromatic carbocycles. The summed E-state index contributed by atoms with van der Waals surface area (Å²) < 4.78 is 0. The van der Waals surface area contributed by atoms with Gasteiger partial charge in [0.1, 0.15) is 11.5 Å². The topological polar surface area (TPSA) is 156 Å². The van der Waals surface area contributed by atoms with Gasteiger partial charge in [-0.3, -0.25) is 0 Å². The molecule has 2 aromatic rings. The van der Waals surface area contributed by atoms with Gasteiger partial charge in [-0.25, -0.2) is 9.59 Å². The maximum Gasteiger partial charge on any atom is 0.336 e.